The van der Waals surface area contributed by atoms with E-state index in [0.29, 0.717) is 5.69 Å². The fraction of sp³-hybridized carbons (Fsp3) is 0.231. The van der Waals surface area contributed by atoms with Crippen molar-refractivity contribution in [3.05, 3.63) is 34.3 Å². The van der Waals surface area contributed by atoms with Gasteiger partial charge >= 0.3 is 0 Å². The van der Waals surface area contributed by atoms with Crippen molar-refractivity contribution in [1.82, 2.24) is 4.98 Å². The van der Waals surface area contributed by atoms with E-state index in [0.717, 1.165) is 27.4 Å². The first kappa shape index (κ1) is 12.6. The summed E-state index contributed by atoms with van der Waals surface area (Å²) in [6.45, 7) is 4.01. The minimum atomic E-state index is -0.500. The number of primary amides is 1. The number of carbonyl (C=O) groups is 1. The number of benzene rings is 1. The van der Waals surface area contributed by atoms with Gasteiger partial charge in [0.1, 0.15) is 16.5 Å². The third kappa shape index (κ3) is 2.09. The van der Waals surface area contributed by atoms with Gasteiger partial charge in [-0.05, 0) is 37.1 Å². The van der Waals surface area contributed by atoms with Crippen molar-refractivity contribution in [2.24, 2.45) is 5.73 Å². The van der Waals surface area contributed by atoms with Crippen LogP contribution in [0.15, 0.2) is 17.5 Å². The highest BCUT2D eigenvalue weighted by Crippen LogP contribution is 2.32. The average Bonchev–Trinajstić information content (AvgIpc) is 2.82. The fourth-order valence-corrected chi connectivity index (χ4v) is 2.65. The second kappa shape index (κ2) is 4.78. The van der Waals surface area contributed by atoms with E-state index < -0.39 is 5.91 Å². The zero-order valence-corrected chi connectivity index (χ0v) is 11.3. The second-order valence-corrected chi connectivity index (χ2v) is 4.83. The summed E-state index contributed by atoms with van der Waals surface area (Å²) in [5, 5.41) is 2.48. The number of methoxy groups -OCH3 is 1. The Morgan fingerprint density at radius 1 is 1.33 bits per heavy atom. The molecule has 0 aliphatic heterocycles. The molecule has 2 aromatic rings. The molecule has 1 amide bonds. The van der Waals surface area contributed by atoms with Gasteiger partial charge < -0.3 is 10.5 Å². The summed E-state index contributed by atoms with van der Waals surface area (Å²) in [5.41, 5.74) is 8.69. The average molecular weight is 262 g/mol. The van der Waals surface area contributed by atoms with Crippen molar-refractivity contribution in [1.29, 1.82) is 0 Å². The van der Waals surface area contributed by atoms with Crippen LogP contribution in [0.25, 0.3) is 10.6 Å². The molecule has 0 saturated heterocycles. The normalized spacial score (nSPS) is 10.4. The minimum absolute atomic E-state index is 0.308. The molecule has 1 aromatic heterocycles. The van der Waals surface area contributed by atoms with Crippen LogP contribution in [0.1, 0.15) is 21.6 Å². The lowest BCUT2D eigenvalue weighted by atomic mass is 10.0. The van der Waals surface area contributed by atoms with Gasteiger partial charge in [-0.1, -0.05) is 0 Å². The predicted octanol–water partition coefficient (Wildman–Crippen LogP) is 2.53. The highest BCUT2D eigenvalue weighted by molar-refractivity contribution is 7.13. The first-order valence-corrected chi connectivity index (χ1v) is 6.32. The van der Waals surface area contributed by atoms with Crippen LogP contribution >= 0.6 is 11.3 Å². The SMILES string of the molecule is COc1ccc(-c2nc(C(N)=O)cs2)c(C)c1C. The fourth-order valence-electron chi connectivity index (χ4n) is 1.76. The number of ether oxygens (including phenoxy) is 1. The molecule has 0 bridgehead atoms. The molecule has 1 heterocycles. The summed E-state index contributed by atoms with van der Waals surface area (Å²) >= 11 is 1.41. The molecule has 0 radical (unpaired) electrons. The van der Waals surface area contributed by atoms with E-state index in [1.807, 2.05) is 26.0 Å². The number of hydrogen-bond acceptors (Lipinski definition) is 4. The van der Waals surface area contributed by atoms with Crippen LogP contribution in [0.4, 0.5) is 0 Å². The van der Waals surface area contributed by atoms with Crippen LogP contribution in [-0.4, -0.2) is 18.0 Å². The van der Waals surface area contributed by atoms with Gasteiger partial charge in [0.15, 0.2) is 0 Å². The van der Waals surface area contributed by atoms with Gasteiger partial charge in [-0.25, -0.2) is 4.98 Å². The maximum Gasteiger partial charge on any atom is 0.268 e. The zero-order valence-electron chi connectivity index (χ0n) is 10.5. The van der Waals surface area contributed by atoms with Crippen molar-refractivity contribution >= 4 is 17.2 Å². The van der Waals surface area contributed by atoms with E-state index in [-0.39, 0.29) is 0 Å². The number of nitrogens with two attached hydrogens (primary N) is 1. The first-order valence-electron chi connectivity index (χ1n) is 5.44. The lowest BCUT2D eigenvalue weighted by Crippen LogP contribution is -2.11. The summed E-state index contributed by atoms with van der Waals surface area (Å²) in [5.74, 6) is 0.350. The number of carbonyl (C=O) groups excluding carboxylic acids is 1. The van der Waals surface area contributed by atoms with Crippen LogP contribution in [0, 0.1) is 13.8 Å². The van der Waals surface area contributed by atoms with Crippen LogP contribution in [0.5, 0.6) is 5.75 Å². The lowest BCUT2D eigenvalue weighted by Gasteiger charge is -2.10. The van der Waals surface area contributed by atoms with E-state index in [1.54, 1.807) is 12.5 Å². The van der Waals surface area contributed by atoms with Crippen molar-refractivity contribution in [2.45, 2.75) is 13.8 Å². The van der Waals surface area contributed by atoms with Crippen LogP contribution in [-0.2, 0) is 0 Å². The number of amides is 1. The molecule has 0 aliphatic carbocycles. The number of nitrogens with zero attached hydrogens (tertiary/aromatic N) is 1. The maximum absolute atomic E-state index is 11.0. The van der Waals surface area contributed by atoms with Gasteiger partial charge in [0.05, 0.1) is 7.11 Å². The van der Waals surface area contributed by atoms with Crippen LogP contribution in [0.3, 0.4) is 0 Å². The summed E-state index contributed by atoms with van der Waals surface area (Å²) in [6, 6.07) is 3.85. The smallest absolute Gasteiger partial charge is 0.268 e. The number of rotatable bonds is 3. The third-order valence-corrected chi connectivity index (χ3v) is 3.82. The van der Waals surface area contributed by atoms with Crippen molar-refractivity contribution in [3.63, 3.8) is 0 Å². The van der Waals surface area contributed by atoms with Crippen molar-refractivity contribution in [2.75, 3.05) is 7.11 Å². The van der Waals surface area contributed by atoms with E-state index in [4.69, 9.17) is 10.5 Å². The van der Waals surface area contributed by atoms with Crippen molar-refractivity contribution in [3.8, 4) is 16.3 Å². The summed E-state index contributed by atoms with van der Waals surface area (Å²) < 4.78 is 5.27. The van der Waals surface area contributed by atoms with E-state index >= 15 is 0 Å². The molecule has 0 spiro atoms. The Hall–Kier alpha value is -1.88. The Kier molecular flexibility index (Phi) is 3.34. The van der Waals surface area contributed by atoms with E-state index in [9.17, 15) is 4.79 Å². The van der Waals surface area contributed by atoms with Crippen molar-refractivity contribution < 1.29 is 9.53 Å². The number of hydrogen-bond donors (Lipinski definition) is 1. The van der Waals surface area contributed by atoms with Gasteiger partial charge in [0, 0.05) is 10.9 Å². The van der Waals surface area contributed by atoms with Crippen LogP contribution in [0.2, 0.25) is 0 Å². The molecule has 2 N–H and O–H groups in total. The van der Waals surface area contributed by atoms with Gasteiger partial charge in [-0.15, -0.1) is 11.3 Å². The largest absolute Gasteiger partial charge is 0.496 e. The quantitative estimate of drug-likeness (QED) is 0.924. The standard InChI is InChI=1S/C13H14N2O2S/c1-7-8(2)11(17-3)5-4-9(7)13-15-10(6-18-13)12(14)16/h4-6H,1-3H3,(H2,14,16). The highest BCUT2D eigenvalue weighted by Gasteiger charge is 2.13. The Morgan fingerprint density at radius 2 is 2.06 bits per heavy atom. The number of aromatic nitrogens is 1. The molecule has 0 saturated carbocycles. The van der Waals surface area contributed by atoms with Crippen LogP contribution < -0.4 is 10.5 Å². The van der Waals surface area contributed by atoms with Gasteiger partial charge in [0.2, 0.25) is 0 Å². The Labute approximate surface area is 109 Å². The molecule has 18 heavy (non-hydrogen) atoms. The Morgan fingerprint density at radius 3 is 2.61 bits per heavy atom. The molecular weight excluding hydrogens is 248 g/mol. The molecule has 0 aliphatic rings. The monoisotopic (exact) mass is 262 g/mol. The first-order chi connectivity index (χ1) is 8.54. The molecule has 0 atom stereocenters. The van der Waals surface area contributed by atoms with E-state index in [1.165, 1.54) is 11.3 Å². The Bertz CT molecular complexity index is 605. The lowest BCUT2D eigenvalue weighted by molar-refractivity contribution is 0.0996. The zero-order chi connectivity index (χ0) is 13.3. The third-order valence-electron chi connectivity index (χ3n) is 2.94. The Balaban J connectivity index is 2.50. The molecule has 5 heteroatoms. The molecule has 0 unspecified atom stereocenters. The highest BCUT2D eigenvalue weighted by atomic mass is 32.1. The maximum atomic E-state index is 11.0. The predicted molar refractivity (Wildman–Crippen MR) is 72.1 cm³/mol. The summed E-state index contributed by atoms with van der Waals surface area (Å²) in [6.07, 6.45) is 0. The van der Waals surface area contributed by atoms with Gasteiger partial charge in [-0.3, -0.25) is 4.79 Å². The topological polar surface area (TPSA) is 65.2 Å². The molecule has 2 rings (SSSR count). The van der Waals surface area contributed by atoms with E-state index in [2.05, 4.69) is 4.98 Å². The number of thiazole rings is 1. The second-order valence-electron chi connectivity index (χ2n) is 3.97. The molecule has 1 aromatic carbocycles. The summed E-state index contributed by atoms with van der Waals surface area (Å²) in [4.78, 5) is 15.3. The molecule has 0 fully saturated rings. The molecule has 4 nitrogen and oxygen atoms in total. The van der Waals surface area contributed by atoms with Gasteiger partial charge in [-0.2, -0.15) is 0 Å². The molecule has 94 valence electrons. The molecular formula is C13H14N2O2S. The summed E-state index contributed by atoms with van der Waals surface area (Å²) in [7, 11) is 1.65. The van der Waals surface area contributed by atoms with Gasteiger partial charge in [0.25, 0.3) is 5.91 Å². The minimum Gasteiger partial charge on any atom is -0.496 e.